The van der Waals surface area contributed by atoms with Gasteiger partial charge in [0.25, 0.3) is 0 Å². The minimum atomic E-state index is 0.449. The van der Waals surface area contributed by atoms with Crippen molar-refractivity contribution in [2.75, 3.05) is 11.9 Å². The quantitative estimate of drug-likeness (QED) is 0.844. The van der Waals surface area contributed by atoms with E-state index in [-0.39, 0.29) is 0 Å². The fourth-order valence-corrected chi connectivity index (χ4v) is 2.37. The first-order valence-corrected chi connectivity index (χ1v) is 6.53. The first-order valence-electron chi connectivity index (χ1n) is 6.53. The number of nitrogens with one attached hydrogen (secondary N) is 1. The highest BCUT2D eigenvalue weighted by Crippen LogP contribution is 2.24. The third-order valence-corrected chi connectivity index (χ3v) is 3.45. The molecule has 1 aliphatic rings. The van der Waals surface area contributed by atoms with Gasteiger partial charge in [0.05, 0.1) is 11.9 Å². The van der Waals surface area contributed by atoms with Gasteiger partial charge in [-0.05, 0) is 32.6 Å². The lowest BCUT2D eigenvalue weighted by Crippen LogP contribution is -2.16. The van der Waals surface area contributed by atoms with Crippen molar-refractivity contribution in [2.45, 2.75) is 52.0 Å². The molecule has 2 rings (SSSR count). The first-order chi connectivity index (χ1) is 7.75. The molecule has 90 valence electrons. The van der Waals surface area contributed by atoms with Crippen LogP contribution in [0.2, 0.25) is 0 Å². The van der Waals surface area contributed by atoms with Crippen LogP contribution in [0.25, 0.3) is 0 Å². The molecular formula is C13H23N3. The van der Waals surface area contributed by atoms with Crippen LogP contribution in [0.3, 0.4) is 0 Å². The van der Waals surface area contributed by atoms with Gasteiger partial charge in [0.1, 0.15) is 0 Å². The second-order valence-corrected chi connectivity index (χ2v) is 5.19. The molecule has 0 bridgehead atoms. The molecule has 0 spiro atoms. The molecule has 1 aliphatic carbocycles. The van der Waals surface area contributed by atoms with Gasteiger partial charge in [-0.15, -0.1) is 0 Å². The summed E-state index contributed by atoms with van der Waals surface area (Å²) in [5, 5.41) is 7.84. The summed E-state index contributed by atoms with van der Waals surface area (Å²) in [5.41, 5.74) is 1.17. The van der Waals surface area contributed by atoms with Crippen LogP contribution >= 0.6 is 0 Å². The summed E-state index contributed by atoms with van der Waals surface area (Å²) in [5.74, 6) is 0.871. The topological polar surface area (TPSA) is 29.9 Å². The summed E-state index contributed by atoms with van der Waals surface area (Å²) in [6, 6.07) is 0.449. The molecule has 1 N–H and O–H groups in total. The van der Waals surface area contributed by atoms with Gasteiger partial charge in [-0.3, -0.25) is 4.68 Å². The molecule has 0 radical (unpaired) electrons. The lowest BCUT2D eigenvalue weighted by atomic mass is 9.89. The number of aromatic nitrogens is 2. The van der Waals surface area contributed by atoms with Gasteiger partial charge in [0, 0.05) is 18.8 Å². The molecule has 1 aromatic rings. The highest BCUT2D eigenvalue weighted by Gasteiger charge is 2.13. The zero-order chi connectivity index (χ0) is 11.4. The molecule has 0 saturated heterocycles. The first kappa shape index (κ1) is 11.5. The molecule has 0 aromatic carbocycles. The Bertz CT molecular complexity index is 311. The monoisotopic (exact) mass is 221 g/mol. The van der Waals surface area contributed by atoms with Crippen LogP contribution in [0.15, 0.2) is 12.4 Å². The molecule has 0 amide bonds. The van der Waals surface area contributed by atoms with Crippen molar-refractivity contribution in [2.24, 2.45) is 5.92 Å². The number of hydrogen-bond acceptors (Lipinski definition) is 2. The van der Waals surface area contributed by atoms with Gasteiger partial charge in [-0.1, -0.05) is 19.3 Å². The van der Waals surface area contributed by atoms with Crippen LogP contribution in [0.4, 0.5) is 5.69 Å². The SMILES string of the molecule is CC(C)n1cc(NCC2CCCCC2)cn1. The van der Waals surface area contributed by atoms with E-state index in [0.29, 0.717) is 6.04 Å². The van der Waals surface area contributed by atoms with Gasteiger partial charge in [-0.2, -0.15) is 5.10 Å². The molecule has 0 unspecified atom stereocenters. The van der Waals surface area contributed by atoms with E-state index in [2.05, 4.69) is 30.5 Å². The molecule has 1 aromatic heterocycles. The van der Waals surface area contributed by atoms with Crippen molar-refractivity contribution in [1.29, 1.82) is 0 Å². The van der Waals surface area contributed by atoms with Crippen molar-refractivity contribution < 1.29 is 0 Å². The Hall–Kier alpha value is -0.990. The van der Waals surface area contributed by atoms with E-state index in [4.69, 9.17) is 0 Å². The van der Waals surface area contributed by atoms with E-state index in [1.165, 1.54) is 37.8 Å². The Labute approximate surface area is 98.2 Å². The third kappa shape index (κ3) is 3.00. The summed E-state index contributed by atoms with van der Waals surface area (Å²) in [6.07, 6.45) is 11.1. The Kier molecular flexibility index (Phi) is 3.86. The van der Waals surface area contributed by atoms with Gasteiger partial charge < -0.3 is 5.32 Å². The maximum absolute atomic E-state index is 4.33. The zero-order valence-corrected chi connectivity index (χ0v) is 10.4. The summed E-state index contributed by atoms with van der Waals surface area (Å²) < 4.78 is 2.00. The van der Waals surface area contributed by atoms with Crippen molar-refractivity contribution in [3.05, 3.63) is 12.4 Å². The summed E-state index contributed by atoms with van der Waals surface area (Å²) in [4.78, 5) is 0. The molecule has 1 heterocycles. The summed E-state index contributed by atoms with van der Waals surface area (Å²) in [6.45, 7) is 5.42. The molecule has 3 heteroatoms. The molecular weight excluding hydrogens is 198 g/mol. The van der Waals surface area contributed by atoms with Gasteiger partial charge >= 0.3 is 0 Å². The van der Waals surface area contributed by atoms with Crippen LogP contribution in [0, 0.1) is 5.92 Å². The Morgan fingerprint density at radius 2 is 2.12 bits per heavy atom. The van der Waals surface area contributed by atoms with E-state index >= 15 is 0 Å². The minimum absolute atomic E-state index is 0.449. The van der Waals surface area contributed by atoms with Crippen molar-refractivity contribution in [3.63, 3.8) is 0 Å². The number of anilines is 1. The van der Waals surface area contributed by atoms with E-state index in [0.717, 1.165) is 12.5 Å². The van der Waals surface area contributed by atoms with E-state index in [1.807, 2.05) is 10.9 Å². The standard InChI is InChI=1S/C13H23N3/c1-11(2)16-10-13(9-15-16)14-8-12-6-4-3-5-7-12/h9-12,14H,3-8H2,1-2H3. The van der Waals surface area contributed by atoms with Crippen LogP contribution in [-0.4, -0.2) is 16.3 Å². The predicted octanol–water partition coefficient (Wildman–Crippen LogP) is 3.46. The average Bonchev–Trinajstić information content (AvgIpc) is 2.76. The second-order valence-electron chi connectivity index (χ2n) is 5.19. The third-order valence-electron chi connectivity index (χ3n) is 3.45. The lowest BCUT2D eigenvalue weighted by Gasteiger charge is -2.21. The Morgan fingerprint density at radius 1 is 1.38 bits per heavy atom. The van der Waals surface area contributed by atoms with Crippen LogP contribution < -0.4 is 5.32 Å². The van der Waals surface area contributed by atoms with Crippen molar-refractivity contribution in [1.82, 2.24) is 9.78 Å². The van der Waals surface area contributed by atoms with E-state index < -0.39 is 0 Å². The molecule has 0 atom stereocenters. The number of hydrogen-bond donors (Lipinski definition) is 1. The summed E-state index contributed by atoms with van der Waals surface area (Å²) in [7, 11) is 0. The molecule has 0 aliphatic heterocycles. The predicted molar refractivity (Wildman–Crippen MR) is 67.7 cm³/mol. The molecule has 3 nitrogen and oxygen atoms in total. The highest BCUT2D eigenvalue weighted by atomic mass is 15.3. The van der Waals surface area contributed by atoms with E-state index in [1.54, 1.807) is 0 Å². The Balaban J connectivity index is 1.79. The van der Waals surface area contributed by atoms with Crippen LogP contribution in [0.1, 0.15) is 52.0 Å². The van der Waals surface area contributed by atoms with Gasteiger partial charge in [0.15, 0.2) is 0 Å². The lowest BCUT2D eigenvalue weighted by molar-refractivity contribution is 0.373. The highest BCUT2D eigenvalue weighted by molar-refractivity contribution is 5.38. The Morgan fingerprint density at radius 3 is 2.75 bits per heavy atom. The van der Waals surface area contributed by atoms with Crippen molar-refractivity contribution in [3.8, 4) is 0 Å². The van der Waals surface area contributed by atoms with Crippen LogP contribution in [0.5, 0.6) is 0 Å². The molecule has 1 fully saturated rings. The van der Waals surface area contributed by atoms with Gasteiger partial charge in [-0.25, -0.2) is 0 Å². The fraction of sp³-hybridized carbons (Fsp3) is 0.769. The second kappa shape index (κ2) is 5.37. The zero-order valence-electron chi connectivity index (χ0n) is 10.4. The molecule has 16 heavy (non-hydrogen) atoms. The number of nitrogens with zero attached hydrogens (tertiary/aromatic N) is 2. The van der Waals surface area contributed by atoms with E-state index in [9.17, 15) is 0 Å². The summed E-state index contributed by atoms with van der Waals surface area (Å²) >= 11 is 0. The smallest absolute Gasteiger partial charge is 0.0726 e. The largest absolute Gasteiger partial charge is 0.382 e. The van der Waals surface area contributed by atoms with Crippen molar-refractivity contribution >= 4 is 5.69 Å². The maximum Gasteiger partial charge on any atom is 0.0726 e. The molecule has 1 saturated carbocycles. The normalized spacial score (nSPS) is 17.9. The fourth-order valence-electron chi connectivity index (χ4n) is 2.37. The minimum Gasteiger partial charge on any atom is -0.382 e. The maximum atomic E-state index is 4.33. The number of rotatable bonds is 4. The van der Waals surface area contributed by atoms with Gasteiger partial charge in [0.2, 0.25) is 0 Å². The average molecular weight is 221 g/mol. The van der Waals surface area contributed by atoms with Crippen LogP contribution in [-0.2, 0) is 0 Å².